The van der Waals surface area contributed by atoms with Crippen LogP contribution in [0.2, 0.25) is 0 Å². The third-order valence-corrected chi connectivity index (χ3v) is 5.78. The van der Waals surface area contributed by atoms with E-state index in [0.29, 0.717) is 18.3 Å². The summed E-state index contributed by atoms with van der Waals surface area (Å²) in [5.74, 6) is 2.13. The topological polar surface area (TPSA) is 56.0 Å². The Labute approximate surface area is 154 Å². The first-order valence-corrected chi connectivity index (χ1v) is 9.92. The van der Waals surface area contributed by atoms with Crippen LogP contribution in [0.4, 0.5) is 0 Å². The molecule has 0 radical (unpaired) electrons. The van der Waals surface area contributed by atoms with Crippen LogP contribution in [0.1, 0.15) is 43.5 Å². The van der Waals surface area contributed by atoms with Crippen LogP contribution in [0.25, 0.3) is 5.82 Å². The minimum Gasteiger partial charge on any atom is -0.302 e. The van der Waals surface area contributed by atoms with Crippen LogP contribution in [-0.2, 0) is 6.54 Å². The molecule has 4 rings (SSSR count). The highest BCUT2D eigenvalue weighted by atomic mass is 16.1. The van der Waals surface area contributed by atoms with E-state index in [1.165, 1.54) is 38.6 Å². The molecule has 2 aromatic rings. The number of rotatable bonds is 5. The third-order valence-electron chi connectivity index (χ3n) is 5.78. The standard InChI is InChI=1S/C20H29N5O/c1-15-10-16(2)25(21-15)19-8-9-20(26)24(22-19)14-18-12-23(13-18)11-17-6-4-3-5-7-17/h8-10,17-18H,3-7,11-14H2,1-2H3. The Kier molecular flexibility index (Phi) is 4.94. The highest BCUT2D eigenvalue weighted by molar-refractivity contribution is 5.23. The van der Waals surface area contributed by atoms with E-state index in [0.717, 1.165) is 30.4 Å². The van der Waals surface area contributed by atoms with E-state index in [1.807, 2.05) is 19.9 Å². The van der Waals surface area contributed by atoms with E-state index >= 15 is 0 Å². The SMILES string of the molecule is Cc1cc(C)n(-c2ccc(=O)n(CC3CN(CC4CCCCC4)C3)n2)n1. The van der Waals surface area contributed by atoms with Gasteiger partial charge in [0.2, 0.25) is 0 Å². The summed E-state index contributed by atoms with van der Waals surface area (Å²) >= 11 is 0. The van der Waals surface area contributed by atoms with Crippen molar-refractivity contribution < 1.29 is 0 Å². The molecule has 0 bridgehead atoms. The fraction of sp³-hybridized carbons (Fsp3) is 0.650. The lowest BCUT2D eigenvalue weighted by atomic mass is 9.87. The molecule has 2 fully saturated rings. The van der Waals surface area contributed by atoms with Gasteiger partial charge in [0.15, 0.2) is 5.82 Å². The van der Waals surface area contributed by atoms with E-state index < -0.39 is 0 Å². The molecule has 6 heteroatoms. The molecule has 3 heterocycles. The minimum atomic E-state index is -0.0268. The average molecular weight is 355 g/mol. The number of likely N-dealkylation sites (tertiary alicyclic amines) is 1. The van der Waals surface area contributed by atoms with E-state index in [-0.39, 0.29) is 5.56 Å². The normalized spacial score (nSPS) is 19.6. The van der Waals surface area contributed by atoms with E-state index in [2.05, 4.69) is 15.1 Å². The van der Waals surface area contributed by atoms with Gasteiger partial charge in [-0.2, -0.15) is 5.10 Å². The molecule has 1 saturated carbocycles. The van der Waals surface area contributed by atoms with Gasteiger partial charge >= 0.3 is 0 Å². The van der Waals surface area contributed by atoms with Crippen molar-refractivity contribution in [3.8, 4) is 5.82 Å². The molecule has 0 N–H and O–H groups in total. The Morgan fingerprint density at radius 2 is 1.77 bits per heavy atom. The molecule has 0 spiro atoms. The van der Waals surface area contributed by atoms with E-state index in [9.17, 15) is 4.79 Å². The van der Waals surface area contributed by atoms with Crippen LogP contribution in [0.3, 0.4) is 0 Å². The lowest BCUT2D eigenvalue weighted by Crippen LogP contribution is -2.51. The van der Waals surface area contributed by atoms with Crippen LogP contribution < -0.4 is 5.56 Å². The maximum Gasteiger partial charge on any atom is 0.266 e. The van der Waals surface area contributed by atoms with Crippen LogP contribution >= 0.6 is 0 Å². The van der Waals surface area contributed by atoms with Crippen molar-refractivity contribution >= 4 is 0 Å². The average Bonchev–Trinajstić information content (AvgIpc) is 2.94. The molecule has 140 valence electrons. The lowest BCUT2D eigenvalue weighted by Gasteiger charge is -2.41. The molecule has 1 aliphatic heterocycles. The summed E-state index contributed by atoms with van der Waals surface area (Å²) in [5, 5.41) is 9.04. The Morgan fingerprint density at radius 1 is 1.00 bits per heavy atom. The summed E-state index contributed by atoms with van der Waals surface area (Å²) < 4.78 is 3.43. The highest BCUT2D eigenvalue weighted by Crippen LogP contribution is 2.27. The highest BCUT2D eigenvalue weighted by Gasteiger charge is 2.29. The van der Waals surface area contributed by atoms with Crippen molar-refractivity contribution in [2.24, 2.45) is 11.8 Å². The number of aromatic nitrogens is 4. The summed E-state index contributed by atoms with van der Waals surface area (Å²) in [4.78, 5) is 14.8. The Bertz CT molecular complexity index is 812. The molecule has 26 heavy (non-hydrogen) atoms. The molecule has 1 saturated heterocycles. The van der Waals surface area contributed by atoms with Crippen molar-refractivity contribution in [1.29, 1.82) is 0 Å². The summed E-state index contributed by atoms with van der Waals surface area (Å²) in [5.41, 5.74) is 1.96. The maximum atomic E-state index is 12.2. The molecule has 2 aliphatic rings. The fourth-order valence-electron chi connectivity index (χ4n) is 4.46. The molecule has 0 unspecified atom stereocenters. The first-order chi connectivity index (χ1) is 12.6. The first kappa shape index (κ1) is 17.5. The summed E-state index contributed by atoms with van der Waals surface area (Å²) in [6.45, 7) is 8.10. The first-order valence-electron chi connectivity index (χ1n) is 9.92. The van der Waals surface area contributed by atoms with Gasteiger partial charge < -0.3 is 4.90 Å². The summed E-state index contributed by atoms with van der Waals surface area (Å²) in [6, 6.07) is 5.39. The van der Waals surface area contributed by atoms with Gasteiger partial charge in [-0.05, 0) is 44.7 Å². The summed E-state index contributed by atoms with van der Waals surface area (Å²) in [6.07, 6.45) is 7.01. The number of hydrogen-bond acceptors (Lipinski definition) is 4. The number of aryl methyl sites for hydroxylation is 2. The van der Waals surface area contributed by atoms with Gasteiger partial charge in [0.1, 0.15) is 0 Å². The number of nitrogens with zero attached hydrogens (tertiary/aromatic N) is 5. The van der Waals surface area contributed by atoms with Crippen molar-refractivity contribution in [2.75, 3.05) is 19.6 Å². The second-order valence-corrected chi connectivity index (χ2v) is 8.14. The van der Waals surface area contributed by atoms with Gasteiger partial charge in [-0.15, -0.1) is 5.10 Å². The zero-order chi connectivity index (χ0) is 18.1. The maximum absolute atomic E-state index is 12.2. The molecular formula is C20H29N5O. The zero-order valence-corrected chi connectivity index (χ0v) is 15.9. The predicted octanol–water partition coefficient (Wildman–Crippen LogP) is 2.56. The Balaban J connectivity index is 1.37. The largest absolute Gasteiger partial charge is 0.302 e. The van der Waals surface area contributed by atoms with Crippen LogP contribution in [0.5, 0.6) is 0 Å². The van der Waals surface area contributed by atoms with Gasteiger partial charge in [-0.3, -0.25) is 4.79 Å². The Hall–Kier alpha value is -1.95. The van der Waals surface area contributed by atoms with Crippen molar-refractivity contribution in [2.45, 2.75) is 52.5 Å². The van der Waals surface area contributed by atoms with Crippen molar-refractivity contribution in [3.63, 3.8) is 0 Å². The Morgan fingerprint density at radius 3 is 2.46 bits per heavy atom. The minimum absolute atomic E-state index is 0.0268. The number of hydrogen-bond donors (Lipinski definition) is 0. The zero-order valence-electron chi connectivity index (χ0n) is 15.9. The molecule has 2 aromatic heterocycles. The molecule has 0 amide bonds. The van der Waals surface area contributed by atoms with Gasteiger partial charge in [0, 0.05) is 37.3 Å². The monoisotopic (exact) mass is 355 g/mol. The molecule has 6 nitrogen and oxygen atoms in total. The molecule has 1 aliphatic carbocycles. The second kappa shape index (κ2) is 7.35. The summed E-state index contributed by atoms with van der Waals surface area (Å²) in [7, 11) is 0. The third kappa shape index (κ3) is 3.75. The van der Waals surface area contributed by atoms with Gasteiger partial charge in [0.25, 0.3) is 5.56 Å². The molecular weight excluding hydrogens is 326 g/mol. The predicted molar refractivity (Wildman–Crippen MR) is 102 cm³/mol. The van der Waals surface area contributed by atoms with Gasteiger partial charge in [-0.1, -0.05) is 19.3 Å². The van der Waals surface area contributed by atoms with Gasteiger partial charge in [0.05, 0.1) is 12.2 Å². The van der Waals surface area contributed by atoms with Crippen molar-refractivity contribution in [3.05, 3.63) is 39.9 Å². The van der Waals surface area contributed by atoms with E-state index in [1.54, 1.807) is 21.5 Å². The lowest BCUT2D eigenvalue weighted by molar-refractivity contribution is 0.0603. The van der Waals surface area contributed by atoms with Crippen LogP contribution in [0, 0.1) is 25.7 Å². The van der Waals surface area contributed by atoms with Crippen molar-refractivity contribution in [1.82, 2.24) is 24.5 Å². The molecule has 0 aromatic carbocycles. The van der Waals surface area contributed by atoms with E-state index in [4.69, 9.17) is 0 Å². The molecule has 0 atom stereocenters. The quantitative estimate of drug-likeness (QED) is 0.827. The van der Waals surface area contributed by atoms with Crippen LogP contribution in [-0.4, -0.2) is 44.1 Å². The van der Waals surface area contributed by atoms with Gasteiger partial charge in [-0.25, -0.2) is 9.36 Å². The fourth-order valence-corrected chi connectivity index (χ4v) is 4.46. The smallest absolute Gasteiger partial charge is 0.266 e. The second-order valence-electron chi connectivity index (χ2n) is 8.14. The van der Waals surface area contributed by atoms with Crippen LogP contribution in [0.15, 0.2) is 23.0 Å².